The summed E-state index contributed by atoms with van der Waals surface area (Å²) in [5.41, 5.74) is 2.64. The van der Waals surface area contributed by atoms with Crippen molar-refractivity contribution in [3.05, 3.63) is 65.6 Å². The van der Waals surface area contributed by atoms with Gasteiger partial charge in [-0.05, 0) is 132 Å². The molecule has 2 saturated heterocycles. The van der Waals surface area contributed by atoms with Crippen LogP contribution >= 0.6 is 0 Å². The second kappa shape index (κ2) is 15.3. The number of aromatic nitrogens is 3. The highest BCUT2D eigenvalue weighted by Crippen LogP contribution is 2.52. The van der Waals surface area contributed by atoms with E-state index in [2.05, 4.69) is 25.8 Å². The number of benzene rings is 1. The first-order valence-corrected chi connectivity index (χ1v) is 20.3. The summed E-state index contributed by atoms with van der Waals surface area (Å²) in [7, 11) is -2.12. The maximum atomic E-state index is 13.9. The van der Waals surface area contributed by atoms with E-state index in [1.54, 1.807) is 29.7 Å². The van der Waals surface area contributed by atoms with Crippen molar-refractivity contribution in [3.63, 3.8) is 0 Å². The third-order valence-corrected chi connectivity index (χ3v) is 14.0. The number of aryl methyl sites for hydroxylation is 2. The first-order valence-electron chi connectivity index (χ1n) is 18.9. The van der Waals surface area contributed by atoms with Gasteiger partial charge in [-0.25, -0.2) is 13.4 Å². The summed E-state index contributed by atoms with van der Waals surface area (Å²) in [6, 6.07) is 10.0. The van der Waals surface area contributed by atoms with Gasteiger partial charge in [0, 0.05) is 56.4 Å². The number of pyridine rings is 1. The Morgan fingerprint density at radius 1 is 0.922 bits per heavy atom. The number of piperidine rings is 1. The minimum Gasteiger partial charge on any atom is -0.497 e. The molecule has 51 heavy (non-hydrogen) atoms. The summed E-state index contributed by atoms with van der Waals surface area (Å²) in [5, 5.41) is 0. The van der Waals surface area contributed by atoms with E-state index in [-0.39, 0.29) is 30.8 Å². The number of sulfonamides is 1. The van der Waals surface area contributed by atoms with Crippen LogP contribution in [-0.4, -0.2) is 98.2 Å². The molecule has 0 radical (unpaired) electrons. The van der Waals surface area contributed by atoms with Gasteiger partial charge in [0.15, 0.2) is 0 Å². The van der Waals surface area contributed by atoms with Crippen LogP contribution in [0.3, 0.4) is 0 Å². The number of ether oxygens (including phenoxy) is 3. The van der Waals surface area contributed by atoms with Gasteiger partial charge in [0.2, 0.25) is 10.0 Å². The Hall–Kier alpha value is -3.32. The van der Waals surface area contributed by atoms with E-state index in [9.17, 15) is 8.42 Å². The van der Waals surface area contributed by atoms with Crippen LogP contribution in [0.4, 0.5) is 5.82 Å². The Labute approximate surface area is 303 Å². The molecular formula is C39H54N6O5S. The quantitative estimate of drug-likeness (QED) is 0.200. The van der Waals surface area contributed by atoms with Crippen LogP contribution in [0.2, 0.25) is 0 Å². The second-order valence-corrected chi connectivity index (χ2v) is 16.9. The normalized spacial score (nSPS) is 20.6. The molecule has 2 aromatic heterocycles. The molecule has 7 rings (SSSR count). The zero-order valence-electron chi connectivity index (χ0n) is 30.6. The number of hydrogen-bond donors (Lipinski definition) is 0. The van der Waals surface area contributed by atoms with Gasteiger partial charge in [-0.1, -0.05) is 6.07 Å². The van der Waals surface area contributed by atoms with E-state index in [4.69, 9.17) is 19.2 Å². The molecule has 0 atom stereocenters. The van der Waals surface area contributed by atoms with Crippen LogP contribution in [0.15, 0.2) is 53.8 Å². The Kier molecular flexibility index (Phi) is 10.8. The number of hydrogen-bond acceptors (Lipinski definition) is 10. The van der Waals surface area contributed by atoms with Crippen LogP contribution in [0.25, 0.3) is 0 Å². The Morgan fingerprint density at radius 2 is 1.65 bits per heavy atom. The molecule has 2 aliphatic carbocycles. The molecule has 4 heterocycles. The van der Waals surface area contributed by atoms with Crippen molar-refractivity contribution < 1.29 is 22.6 Å². The predicted octanol–water partition coefficient (Wildman–Crippen LogP) is 5.90. The molecule has 4 aliphatic rings. The molecule has 11 nitrogen and oxygen atoms in total. The van der Waals surface area contributed by atoms with Gasteiger partial charge in [0.1, 0.15) is 18.2 Å². The van der Waals surface area contributed by atoms with E-state index in [0.29, 0.717) is 27.2 Å². The lowest BCUT2D eigenvalue weighted by Gasteiger charge is -2.50. The summed E-state index contributed by atoms with van der Waals surface area (Å²) in [4.78, 5) is 18.8. The highest BCUT2D eigenvalue weighted by atomic mass is 32.2. The monoisotopic (exact) mass is 718 g/mol. The van der Waals surface area contributed by atoms with Crippen LogP contribution < -0.4 is 14.4 Å². The molecule has 0 unspecified atom stereocenters. The lowest BCUT2D eigenvalue weighted by atomic mass is 9.63. The lowest BCUT2D eigenvalue weighted by molar-refractivity contribution is -0.105. The number of nitrogens with zero attached hydrogens (tertiary/aromatic N) is 6. The van der Waals surface area contributed by atoms with Crippen molar-refractivity contribution in [1.29, 1.82) is 0 Å². The van der Waals surface area contributed by atoms with Crippen molar-refractivity contribution in [3.8, 4) is 11.8 Å². The molecule has 1 aromatic carbocycles. The lowest BCUT2D eigenvalue weighted by Crippen LogP contribution is -2.46. The maximum Gasteiger partial charge on any atom is 0.318 e. The molecule has 276 valence electrons. The molecule has 3 aromatic rings. The van der Waals surface area contributed by atoms with Gasteiger partial charge in [0.05, 0.1) is 24.2 Å². The first kappa shape index (κ1) is 36.1. The first-order chi connectivity index (χ1) is 24.7. The Balaban J connectivity index is 0.939. The SMILES string of the molecule is COc1cc(C)c(S(=O)(=O)N(CCOc2nccc(N3CCC4(CC3)CCC(OCCN3CCCC3)(c3cccnc3)CC4)n2)C2CC2)c(C)c1. The smallest absolute Gasteiger partial charge is 0.318 e. The minimum atomic E-state index is -3.71. The molecule has 1 spiro atoms. The van der Waals surface area contributed by atoms with Gasteiger partial charge in [-0.2, -0.15) is 9.29 Å². The second-order valence-electron chi connectivity index (χ2n) is 15.1. The molecular weight excluding hydrogens is 665 g/mol. The van der Waals surface area contributed by atoms with Crippen LogP contribution in [0.5, 0.6) is 11.8 Å². The largest absolute Gasteiger partial charge is 0.497 e. The average Bonchev–Trinajstić information content (AvgIpc) is 3.84. The van der Waals surface area contributed by atoms with Crippen molar-refractivity contribution in [1.82, 2.24) is 24.2 Å². The van der Waals surface area contributed by atoms with Gasteiger partial charge >= 0.3 is 6.01 Å². The highest BCUT2D eigenvalue weighted by Gasteiger charge is 2.46. The van der Waals surface area contributed by atoms with Crippen LogP contribution in [-0.2, 0) is 20.4 Å². The third kappa shape index (κ3) is 8.04. The van der Waals surface area contributed by atoms with Crippen molar-refractivity contribution in [2.45, 2.75) is 94.6 Å². The van der Waals surface area contributed by atoms with E-state index in [1.165, 1.54) is 31.5 Å². The van der Waals surface area contributed by atoms with Gasteiger partial charge < -0.3 is 24.0 Å². The number of anilines is 1. The van der Waals surface area contributed by atoms with E-state index in [0.717, 1.165) is 83.4 Å². The summed E-state index contributed by atoms with van der Waals surface area (Å²) >= 11 is 0. The molecule has 0 N–H and O–H groups in total. The molecule has 0 amide bonds. The zero-order valence-corrected chi connectivity index (χ0v) is 31.4. The van der Waals surface area contributed by atoms with E-state index >= 15 is 0 Å². The van der Waals surface area contributed by atoms with Crippen LogP contribution in [0, 0.1) is 19.3 Å². The fourth-order valence-corrected chi connectivity index (χ4v) is 10.7. The summed E-state index contributed by atoms with van der Waals surface area (Å²) in [5.74, 6) is 1.51. The molecule has 0 bridgehead atoms. The summed E-state index contributed by atoms with van der Waals surface area (Å²) < 4.78 is 47.5. The highest BCUT2D eigenvalue weighted by molar-refractivity contribution is 7.89. The average molecular weight is 719 g/mol. The van der Waals surface area contributed by atoms with Crippen LogP contribution in [0.1, 0.15) is 80.9 Å². The topological polar surface area (TPSA) is 110 Å². The van der Waals surface area contributed by atoms with Gasteiger partial charge in [0.25, 0.3) is 0 Å². The molecule has 2 aliphatic heterocycles. The van der Waals surface area contributed by atoms with Crippen molar-refractivity contribution in [2.75, 3.05) is 64.5 Å². The fourth-order valence-electron chi connectivity index (χ4n) is 8.64. The summed E-state index contributed by atoms with van der Waals surface area (Å²) in [6.07, 6.45) is 16.5. The standard InChI is InChI=1S/C39H54N6O5S/c1-30-27-34(48-3)28-31(2)36(30)51(46,47)45(33-8-9-33)24-25-49-37-41-18-10-35(42-37)44-21-15-38(16-22-44)11-13-39(14-12-38,32-7-6-17-40-29-32)50-26-23-43-19-4-5-20-43/h6-7,10,17-18,27-29,33H,4-5,8-9,11-16,19-26H2,1-3H3. The number of rotatable bonds is 14. The zero-order chi connectivity index (χ0) is 35.5. The summed E-state index contributed by atoms with van der Waals surface area (Å²) in [6.45, 7) is 10.1. The predicted molar refractivity (Wildman–Crippen MR) is 197 cm³/mol. The fraction of sp³-hybridized carbons (Fsp3) is 0.615. The van der Waals surface area contributed by atoms with Crippen molar-refractivity contribution in [2.24, 2.45) is 5.41 Å². The Morgan fingerprint density at radius 3 is 2.29 bits per heavy atom. The third-order valence-electron chi connectivity index (χ3n) is 11.8. The molecule has 12 heteroatoms. The molecule has 2 saturated carbocycles. The number of likely N-dealkylation sites (tertiary alicyclic amines) is 1. The van der Waals surface area contributed by atoms with Gasteiger partial charge in [-0.3, -0.25) is 4.98 Å². The maximum absolute atomic E-state index is 13.9. The Bertz CT molecular complexity index is 1710. The molecule has 4 fully saturated rings. The minimum absolute atomic E-state index is 0.0109. The van der Waals surface area contributed by atoms with E-state index < -0.39 is 10.0 Å². The van der Waals surface area contributed by atoms with Crippen molar-refractivity contribution >= 4 is 15.8 Å². The van der Waals surface area contributed by atoms with E-state index in [1.807, 2.05) is 38.4 Å². The van der Waals surface area contributed by atoms with Gasteiger partial charge in [-0.15, -0.1) is 0 Å². The number of methoxy groups -OCH3 is 1.